The third kappa shape index (κ3) is 25.1. The zero-order valence-electron chi connectivity index (χ0n) is 19.9. The molecule has 1 nitrogen and oxygen atoms in total. The molecule has 0 heterocycles. The minimum absolute atomic E-state index is 0.0621. The summed E-state index contributed by atoms with van der Waals surface area (Å²) in [6, 6.07) is 0. The zero-order valence-corrected chi connectivity index (χ0v) is 19.9. The maximum absolute atomic E-state index is 10.1. The highest BCUT2D eigenvalue weighted by atomic mass is 16.3. The Labute approximate surface area is 183 Å². The second-order valence-corrected chi connectivity index (χ2v) is 8.54. The van der Waals surface area contributed by atoms with Crippen LogP contribution in [0.2, 0.25) is 0 Å². The van der Waals surface area contributed by atoms with E-state index in [0.717, 1.165) is 25.7 Å². The molecule has 1 N–H and O–H groups in total. The summed E-state index contributed by atoms with van der Waals surface area (Å²) >= 11 is 0. The summed E-state index contributed by atoms with van der Waals surface area (Å²) in [7, 11) is 0. The SMILES string of the molecule is CCC=CCCCCCCC(O)CCCCCCCC=CCC=CCCCCC. The summed E-state index contributed by atoms with van der Waals surface area (Å²) in [5.74, 6) is 0. The van der Waals surface area contributed by atoms with Crippen molar-refractivity contribution in [3.8, 4) is 0 Å². The lowest BCUT2D eigenvalue weighted by Crippen LogP contribution is -2.05. The number of unbranched alkanes of at least 4 members (excludes halogenated alkanes) is 12. The highest BCUT2D eigenvalue weighted by molar-refractivity contribution is 4.92. The molecule has 0 aromatic rings. The normalized spacial score (nSPS) is 13.3. The van der Waals surface area contributed by atoms with E-state index in [-0.39, 0.29) is 6.10 Å². The number of rotatable bonds is 22. The topological polar surface area (TPSA) is 20.2 Å². The Morgan fingerprint density at radius 1 is 0.517 bits per heavy atom. The molecule has 0 fully saturated rings. The summed E-state index contributed by atoms with van der Waals surface area (Å²) in [4.78, 5) is 0. The molecule has 0 spiro atoms. The number of hydrogen-bond acceptors (Lipinski definition) is 1. The predicted molar refractivity (Wildman–Crippen MR) is 132 cm³/mol. The van der Waals surface area contributed by atoms with E-state index in [0.29, 0.717) is 0 Å². The molecule has 29 heavy (non-hydrogen) atoms. The Morgan fingerprint density at radius 3 is 1.48 bits per heavy atom. The van der Waals surface area contributed by atoms with Gasteiger partial charge >= 0.3 is 0 Å². The van der Waals surface area contributed by atoms with Crippen molar-refractivity contribution >= 4 is 0 Å². The molecule has 1 atom stereocenters. The van der Waals surface area contributed by atoms with E-state index in [2.05, 4.69) is 50.3 Å². The Balaban J connectivity index is 3.27. The van der Waals surface area contributed by atoms with Crippen molar-refractivity contribution in [3.63, 3.8) is 0 Å². The molecular weight excluding hydrogens is 352 g/mol. The van der Waals surface area contributed by atoms with Crippen LogP contribution in [0.4, 0.5) is 0 Å². The fourth-order valence-electron chi connectivity index (χ4n) is 3.62. The molecule has 0 aromatic carbocycles. The van der Waals surface area contributed by atoms with E-state index in [4.69, 9.17) is 0 Å². The van der Waals surface area contributed by atoms with Gasteiger partial charge in [0.05, 0.1) is 6.10 Å². The third-order valence-corrected chi connectivity index (χ3v) is 5.55. The third-order valence-electron chi connectivity index (χ3n) is 5.55. The molecule has 0 aliphatic heterocycles. The lowest BCUT2D eigenvalue weighted by Gasteiger charge is -2.10. The van der Waals surface area contributed by atoms with Crippen LogP contribution in [-0.4, -0.2) is 11.2 Å². The van der Waals surface area contributed by atoms with Crippen LogP contribution in [0.3, 0.4) is 0 Å². The second kappa shape index (κ2) is 25.2. The molecule has 0 saturated heterocycles. The zero-order chi connectivity index (χ0) is 21.3. The summed E-state index contributed by atoms with van der Waals surface area (Å²) in [5, 5.41) is 10.1. The van der Waals surface area contributed by atoms with Gasteiger partial charge in [-0.2, -0.15) is 0 Å². The molecule has 0 bridgehead atoms. The molecule has 0 radical (unpaired) electrons. The number of allylic oxidation sites excluding steroid dienone is 6. The van der Waals surface area contributed by atoms with Gasteiger partial charge in [-0.15, -0.1) is 0 Å². The number of aliphatic hydroxyl groups excluding tert-OH is 1. The first-order valence-corrected chi connectivity index (χ1v) is 12.9. The van der Waals surface area contributed by atoms with Crippen LogP contribution in [0.1, 0.15) is 136 Å². The van der Waals surface area contributed by atoms with Gasteiger partial charge in [0.2, 0.25) is 0 Å². The predicted octanol–water partition coefficient (Wildman–Crippen LogP) is 9.47. The molecule has 0 amide bonds. The monoisotopic (exact) mass is 404 g/mol. The average Bonchev–Trinajstić information content (AvgIpc) is 2.72. The van der Waals surface area contributed by atoms with Gasteiger partial charge in [-0.3, -0.25) is 0 Å². The van der Waals surface area contributed by atoms with Gasteiger partial charge in [0.15, 0.2) is 0 Å². The highest BCUT2D eigenvalue weighted by Gasteiger charge is 2.03. The summed E-state index contributed by atoms with van der Waals surface area (Å²) in [6.07, 6.45) is 37.3. The molecule has 0 saturated carbocycles. The van der Waals surface area contributed by atoms with Crippen molar-refractivity contribution in [2.24, 2.45) is 0 Å². The Morgan fingerprint density at radius 2 is 0.966 bits per heavy atom. The van der Waals surface area contributed by atoms with E-state index < -0.39 is 0 Å². The van der Waals surface area contributed by atoms with Gasteiger partial charge in [-0.1, -0.05) is 108 Å². The van der Waals surface area contributed by atoms with E-state index >= 15 is 0 Å². The van der Waals surface area contributed by atoms with Crippen LogP contribution in [0, 0.1) is 0 Å². The Hall–Kier alpha value is -0.820. The van der Waals surface area contributed by atoms with Gasteiger partial charge < -0.3 is 5.11 Å². The summed E-state index contributed by atoms with van der Waals surface area (Å²) in [5.41, 5.74) is 0. The smallest absolute Gasteiger partial charge is 0.0540 e. The molecule has 0 rings (SSSR count). The minimum Gasteiger partial charge on any atom is -0.393 e. The molecule has 0 aromatic heterocycles. The van der Waals surface area contributed by atoms with E-state index in [1.807, 2.05) is 0 Å². The maximum Gasteiger partial charge on any atom is 0.0540 e. The second-order valence-electron chi connectivity index (χ2n) is 8.54. The Bertz CT molecular complexity index is 380. The van der Waals surface area contributed by atoms with Crippen LogP contribution in [0.15, 0.2) is 36.5 Å². The molecule has 0 aliphatic rings. The van der Waals surface area contributed by atoms with E-state index in [9.17, 15) is 5.11 Å². The van der Waals surface area contributed by atoms with Crippen LogP contribution in [0.25, 0.3) is 0 Å². The van der Waals surface area contributed by atoms with Gasteiger partial charge in [-0.05, 0) is 64.2 Å². The maximum atomic E-state index is 10.1. The van der Waals surface area contributed by atoms with Crippen LogP contribution in [-0.2, 0) is 0 Å². The van der Waals surface area contributed by atoms with Crippen molar-refractivity contribution in [1.82, 2.24) is 0 Å². The average molecular weight is 405 g/mol. The van der Waals surface area contributed by atoms with Gasteiger partial charge in [-0.25, -0.2) is 0 Å². The first-order valence-electron chi connectivity index (χ1n) is 12.9. The summed E-state index contributed by atoms with van der Waals surface area (Å²) in [6.45, 7) is 4.44. The number of aliphatic hydroxyl groups is 1. The number of hydrogen-bond donors (Lipinski definition) is 1. The van der Waals surface area contributed by atoms with Crippen LogP contribution < -0.4 is 0 Å². The van der Waals surface area contributed by atoms with E-state index in [1.54, 1.807) is 0 Å². The minimum atomic E-state index is -0.0621. The summed E-state index contributed by atoms with van der Waals surface area (Å²) < 4.78 is 0. The van der Waals surface area contributed by atoms with Crippen molar-refractivity contribution in [2.75, 3.05) is 0 Å². The van der Waals surface area contributed by atoms with Crippen molar-refractivity contribution in [1.29, 1.82) is 0 Å². The van der Waals surface area contributed by atoms with Crippen molar-refractivity contribution in [3.05, 3.63) is 36.5 Å². The first kappa shape index (κ1) is 28.2. The van der Waals surface area contributed by atoms with E-state index in [1.165, 1.54) is 96.3 Å². The molecule has 1 unspecified atom stereocenters. The van der Waals surface area contributed by atoms with Gasteiger partial charge in [0.1, 0.15) is 0 Å². The molecule has 0 aliphatic carbocycles. The lowest BCUT2D eigenvalue weighted by molar-refractivity contribution is 0.147. The molecule has 1 heteroatoms. The lowest BCUT2D eigenvalue weighted by atomic mass is 10.0. The van der Waals surface area contributed by atoms with Crippen molar-refractivity contribution in [2.45, 2.75) is 142 Å². The Kier molecular flexibility index (Phi) is 24.5. The largest absolute Gasteiger partial charge is 0.393 e. The first-order chi connectivity index (χ1) is 14.3. The fourth-order valence-corrected chi connectivity index (χ4v) is 3.62. The van der Waals surface area contributed by atoms with Crippen molar-refractivity contribution < 1.29 is 5.11 Å². The van der Waals surface area contributed by atoms with Crippen LogP contribution >= 0.6 is 0 Å². The fraction of sp³-hybridized carbons (Fsp3) is 0.786. The molecule has 170 valence electrons. The highest BCUT2D eigenvalue weighted by Crippen LogP contribution is 2.14. The standard InChI is InChI=1S/C28H52O/c1-3-5-7-9-11-13-14-15-16-17-18-19-21-23-25-27-28(29)26-24-22-20-12-10-8-6-4-2/h6,8,11,13,15-16,28-29H,3-5,7,9-10,12,14,17-27H2,1-2H3. The van der Waals surface area contributed by atoms with Gasteiger partial charge in [0.25, 0.3) is 0 Å². The van der Waals surface area contributed by atoms with Crippen LogP contribution in [0.5, 0.6) is 0 Å². The quantitative estimate of drug-likeness (QED) is 0.141. The van der Waals surface area contributed by atoms with Gasteiger partial charge in [0, 0.05) is 0 Å². The molecular formula is C28H52O.